The highest BCUT2D eigenvalue weighted by Gasteiger charge is 2.30. The van der Waals surface area contributed by atoms with Gasteiger partial charge in [0.1, 0.15) is 5.82 Å². The van der Waals surface area contributed by atoms with Gasteiger partial charge >= 0.3 is 0 Å². The van der Waals surface area contributed by atoms with Gasteiger partial charge in [-0.1, -0.05) is 12.2 Å². The molecule has 2 atom stereocenters. The molecule has 2 aliphatic rings. The molecule has 1 saturated heterocycles. The van der Waals surface area contributed by atoms with Gasteiger partial charge < -0.3 is 4.90 Å². The van der Waals surface area contributed by atoms with Gasteiger partial charge in [-0.15, -0.1) is 0 Å². The summed E-state index contributed by atoms with van der Waals surface area (Å²) in [5, 5.41) is 0. The van der Waals surface area contributed by atoms with Gasteiger partial charge in [-0.25, -0.2) is 9.97 Å². The molecule has 2 unspecified atom stereocenters. The van der Waals surface area contributed by atoms with E-state index in [1.54, 1.807) is 12.4 Å². The van der Waals surface area contributed by atoms with Crippen molar-refractivity contribution in [2.24, 2.45) is 5.92 Å². The Bertz CT molecular complexity index is 531. The van der Waals surface area contributed by atoms with Gasteiger partial charge in [-0.2, -0.15) is 0 Å². The number of amides is 1. The predicted molar refractivity (Wildman–Crippen MR) is 85.0 cm³/mol. The summed E-state index contributed by atoms with van der Waals surface area (Å²) in [4.78, 5) is 25.2. The number of hydrogen-bond donors (Lipinski definition) is 0. The van der Waals surface area contributed by atoms with Crippen LogP contribution in [0.25, 0.3) is 0 Å². The van der Waals surface area contributed by atoms with E-state index in [4.69, 9.17) is 0 Å². The Hall–Kier alpha value is -1.75. The normalized spacial score (nSPS) is 24.4. The molecule has 0 N–H and O–H groups in total. The zero-order chi connectivity index (χ0) is 15.4. The number of likely N-dealkylation sites (N-methyl/N-ethyl adjacent to an activating group) is 1. The third-order valence-corrected chi connectivity index (χ3v) is 4.70. The molecule has 0 aromatic carbocycles. The lowest BCUT2D eigenvalue weighted by Crippen LogP contribution is -2.36. The number of hydrogen-bond acceptors (Lipinski definition) is 4. The monoisotopic (exact) mass is 300 g/mol. The van der Waals surface area contributed by atoms with Crippen LogP contribution < -0.4 is 0 Å². The van der Waals surface area contributed by atoms with Gasteiger partial charge in [0.2, 0.25) is 5.91 Å². The lowest BCUT2D eigenvalue weighted by atomic mass is 10.0. The summed E-state index contributed by atoms with van der Waals surface area (Å²) >= 11 is 0. The molecule has 1 aromatic heterocycles. The maximum atomic E-state index is 12.4. The second-order valence-electron chi connectivity index (χ2n) is 6.33. The number of allylic oxidation sites excluding steroid dienone is 2. The molecule has 1 fully saturated rings. The molecule has 0 bridgehead atoms. The van der Waals surface area contributed by atoms with Crippen LogP contribution in [0.4, 0.5) is 0 Å². The molecule has 2 heterocycles. The standard InChI is InChI=1S/C17H24N4O/c1-20(13-16-18-8-4-9-19-16)15-7-10-21(12-15)17(22)11-14-5-2-3-6-14/h2,4-5,8-9,14-15H,3,6-7,10-13H2,1H3. The van der Waals surface area contributed by atoms with Crippen molar-refractivity contribution in [1.82, 2.24) is 19.8 Å². The number of rotatable bonds is 5. The summed E-state index contributed by atoms with van der Waals surface area (Å²) in [5.41, 5.74) is 0. The first kappa shape index (κ1) is 15.2. The van der Waals surface area contributed by atoms with E-state index in [-0.39, 0.29) is 0 Å². The Balaban J connectivity index is 1.48. The summed E-state index contributed by atoms with van der Waals surface area (Å²) in [6.45, 7) is 2.44. The Morgan fingerprint density at radius 1 is 1.36 bits per heavy atom. The van der Waals surface area contributed by atoms with Crippen LogP contribution in [-0.2, 0) is 11.3 Å². The summed E-state index contributed by atoms with van der Waals surface area (Å²) in [7, 11) is 2.09. The minimum Gasteiger partial charge on any atom is -0.341 e. The first-order valence-electron chi connectivity index (χ1n) is 8.13. The Morgan fingerprint density at radius 3 is 2.91 bits per heavy atom. The number of carbonyl (C=O) groups is 1. The van der Waals surface area contributed by atoms with Crippen LogP contribution in [0.1, 0.15) is 31.5 Å². The SMILES string of the molecule is CN(Cc1ncccn1)C1CCN(C(=O)CC2C=CCC2)C1. The van der Waals surface area contributed by atoms with Gasteiger partial charge in [0, 0.05) is 37.9 Å². The Morgan fingerprint density at radius 2 is 2.18 bits per heavy atom. The third-order valence-electron chi connectivity index (χ3n) is 4.70. The molecule has 0 spiro atoms. The van der Waals surface area contributed by atoms with E-state index in [9.17, 15) is 4.79 Å². The minimum absolute atomic E-state index is 0.309. The van der Waals surface area contributed by atoms with Gasteiger partial charge in [0.05, 0.1) is 6.54 Å². The highest BCUT2D eigenvalue weighted by Crippen LogP contribution is 2.23. The quantitative estimate of drug-likeness (QED) is 0.779. The van der Waals surface area contributed by atoms with Crippen molar-refractivity contribution in [3.05, 3.63) is 36.4 Å². The Labute approximate surface area is 132 Å². The van der Waals surface area contributed by atoms with Crippen molar-refractivity contribution >= 4 is 5.91 Å². The van der Waals surface area contributed by atoms with Crippen LogP contribution in [0.3, 0.4) is 0 Å². The topological polar surface area (TPSA) is 49.3 Å². The summed E-state index contributed by atoms with van der Waals surface area (Å²) in [5.74, 6) is 1.61. The van der Waals surface area contributed by atoms with Crippen molar-refractivity contribution in [2.75, 3.05) is 20.1 Å². The fourth-order valence-electron chi connectivity index (χ4n) is 3.31. The number of likely N-dealkylation sites (tertiary alicyclic amines) is 1. The minimum atomic E-state index is 0.309. The molecule has 0 saturated carbocycles. The highest BCUT2D eigenvalue weighted by molar-refractivity contribution is 5.77. The van der Waals surface area contributed by atoms with Crippen LogP contribution in [-0.4, -0.2) is 51.9 Å². The smallest absolute Gasteiger partial charge is 0.223 e. The van der Waals surface area contributed by atoms with Crippen LogP contribution in [0.15, 0.2) is 30.6 Å². The molecule has 1 amide bonds. The molecule has 118 valence electrons. The molecular weight excluding hydrogens is 276 g/mol. The van der Waals surface area contributed by atoms with Crippen molar-refractivity contribution < 1.29 is 4.79 Å². The number of carbonyl (C=O) groups excluding carboxylic acids is 1. The van der Waals surface area contributed by atoms with Crippen molar-refractivity contribution in [1.29, 1.82) is 0 Å². The highest BCUT2D eigenvalue weighted by atomic mass is 16.2. The van der Waals surface area contributed by atoms with Crippen molar-refractivity contribution in [3.63, 3.8) is 0 Å². The first-order valence-corrected chi connectivity index (χ1v) is 8.13. The number of aromatic nitrogens is 2. The maximum absolute atomic E-state index is 12.4. The molecule has 0 radical (unpaired) electrons. The van der Waals surface area contributed by atoms with Crippen LogP contribution >= 0.6 is 0 Å². The van der Waals surface area contributed by atoms with Gasteiger partial charge in [-0.3, -0.25) is 9.69 Å². The first-order chi connectivity index (χ1) is 10.7. The van der Waals surface area contributed by atoms with E-state index in [0.29, 0.717) is 24.3 Å². The second-order valence-corrected chi connectivity index (χ2v) is 6.33. The fraction of sp³-hybridized carbons (Fsp3) is 0.588. The molecule has 5 heteroatoms. The van der Waals surface area contributed by atoms with E-state index in [0.717, 1.165) is 44.7 Å². The van der Waals surface area contributed by atoms with Crippen LogP contribution in [0.2, 0.25) is 0 Å². The summed E-state index contributed by atoms with van der Waals surface area (Å²) < 4.78 is 0. The summed E-state index contributed by atoms with van der Waals surface area (Å²) in [6.07, 6.45) is 11.9. The van der Waals surface area contributed by atoms with Crippen molar-refractivity contribution in [2.45, 2.75) is 38.3 Å². The molecule has 1 aliphatic carbocycles. The largest absolute Gasteiger partial charge is 0.341 e. The Kier molecular flexibility index (Phi) is 4.83. The van der Waals surface area contributed by atoms with E-state index in [1.165, 1.54) is 0 Å². The lowest BCUT2D eigenvalue weighted by Gasteiger charge is -2.24. The fourth-order valence-corrected chi connectivity index (χ4v) is 3.31. The third kappa shape index (κ3) is 3.71. The van der Waals surface area contributed by atoms with Crippen LogP contribution in [0.5, 0.6) is 0 Å². The molecule has 22 heavy (non-hydrogen) atoms. The molecule has 1 aliphatic heterocycles. The summed E-state index contributed by atoms with van der Waals surface area (Å²) in [6, 6.07) is 2.24. The molecular formula is C17H24N4O. The van der Waals surface area contributed by atoms with Crippen molar-refractivity contribution in [3.8, 4) is 0 Å². The van der Waals surface area contributed by atoms with E-state index < -0.39 is 0 Å². The predicted octanol–water partition coefficient (Wildman–Crippen LogP) is 1.87. The molecule has 1 aromatic rings. The zero-order valence-corrected chi connectivity index (χ0v) is 13.2. The second kappa shape index (κ2) is 7.01. The van der Waals surface area contributed by atoms with Gasteiger partial charge in [0.15, 0.2) is 0 Å². The number of nitrogens with zero attached hydrogens (tertiary/aromatic N) is 4. The molecule has 5 nitrogen and oxygen atoms in total. The van der Waals surface area contributed by atoms with Crippen LogP contribution in [0, 0.1) is 5.92 Å². The maximum Gasteiger partial charge on any atom is 0.223 e. The average molecular weight is 300 g/mol. The van der Waals surface area contributed by atoms with Gasteiger partial charge in [-0.05, 0) is 38.3 Å². The molecule has 3 rings (SSSR count). The average Bonchev–Trinajstić information content (AvgIpc) is 3.19. The van der Waals surface area contributed by atoms with E-state index in [1.807, 2.05) is 11.0 Å². The van der Waals surface area contributed by atoms with E-state index >= 15 is 0 Å². The van der Waals surface area contributed by atoms with Gasteiger partial charge in [0.25, 0.3) is 0 Å². The lowest BCUT2D eigenvalue weighted by molar-refractivity contribution is -0.131. The van der Waals surface area contributed by atoms with E-state index in [2.05, 4.69) is 34.1 Å². The zero-order valence-electron chi connectivity index (χ0n) is 13.2.